The molecule has 2 heterocycles. The quantitative estimate of drug-likeness (QED) is 0.379. The Labute approximate surface area is 199 Å². The zero-order valence-corrected chi connectivity index (χ0v) is 19.9. The molecule has 0 radical (unpaired) electrons. The van der Waals surface area contributed by atoms with Gasteiger partial charge in [-0.15, -0.1) is 22.7 Å². The third-order valence-electron chi connectivity index (χ3n) is 5.09. The van der Waals surface area contributed by atoms with E-state index in [1.165, 1.54) is 35.2 Å². The van der Waals surface area contributed by atoms with Crippen LogP contribution in [0.5, 0.6) is 0 Å². The molecule has 2 aromatic heterocycles. The number of carbonyl (C=O) groups excluding carboxylic acids is 3. The number of benzene rings is 1. The molecule has 3 aromatic rings. The van der Waals surface area contributed by atoms with Crippen molar-refractivity contribution in [3.63, 3.8) is 0 Å². The van der Waals surface area contributed by atoms with Crippen molar-refractivity contribution >= 4 is 50.7 Å². The maximum absolute atomic E-state index is 12.4. The van der Waals surface area contributed by atoms with Gasteiger partial charge in [-0.2, -0.15) is 0 Å². The Morgan fingerprint density at radius 2 is 1.73 bits per heavy atom. The predicted molar refractivity (Wildman–Crippen MR) is 130 cm³/mol. The molecule has 0 bridgehead atoms. The third kappa shape index (κ3) is 6.93. The van der Waals surface area contributed by atoms with E-state index in [-0.39, 0.29) is 30.1 Å². The number of amides is 3. The molecule has 8 nitrogen and oxygen atoms in total. The first kappa shape index (κ1) is 23.1. The summed E-state index contributed by atoms with van der Waals surface area (Å²) < 4.78 is 0. The highest BCUT2D eigenvalue weighted by Gasteiger charge is 2.30. The molecule has 1 saturated carbocycles. The van der Waals surface area contributed by atoms with Crippen LogP contribution in [0, 0.1) is 5.92 Å². The lowest BCUT2D eigenvalue weighted by molar-refractivity contribution is -0.119. The van der Waals surface area contributed by atoms with E-state index < -0.39 is 0 Å². The molecule has 33 heavy (non-hydrogen) atoms. The molecule has 0 aliphatic heterocycles. The highest BCUT2D eigenvalue weighted by atomic mass is 32.1. The molecule has 1 aliphatic carbocycles. The second-order valence-electron chi connectivity index (χ2n) is 7.95. The van der Waals surface area contributed by atoms with E-state index in [1.807, 2.05) is 17.5 Å². The molecule has 0 atom stereocenters. The van der Waals surface area contributed by atoms with Gasteiger partial charge in [-0.05, 0) is 31.2 Å². The Hall–Kier alpha value is -3.11. The minimum absolute atomic E-state index is 0.00805. The fraction of sp³-hybridized carbons (Fsp3) is 0.348. The Balaban J connectivity index is 1.26. The summed E-state index contributed by atoms with van der Waals surface area (Å²) >= 11 is 2.70. The van der Waals surface area contributed by atoms with Gasteiger partial charge in [0.1, 0.15) is 0 Å². The number of nitrogens with one attached hydrogen (secondary N) is 3. The number of rotatable bonds is 10. The van der Waals surface area contributed by atoms with E-state index in [0.717, 1.165) is 36.9 Å². The average Bonchev–Trinajstić information content (AvgIpc) is 3.40. The first-order chi connectivity index (χ1) is 16.0. The number of anilines is 2. The number of aryl methyl sites for hydroxylation is 1. The maximum Gasteiger partial charge on any atom is 0.232 e. The van der Waals surface area contributed by atoms with Gasteiger partial charge in [-0.3, -0.25) is 14.4 Å². The van der Waals surface area contributed by atoms with E-state index >= 15 is 0 Å². The van der Waals surface area contributed by atoms with Gasteiger partial charge in [0, 0.05) is 35.7 Å². The lowest BCUT2D eigenvalue weighted by Crippen LogP contribution is -2.21. The summed E-state index contributed by atoms with van der Waals surface area (Å²) in [5.74, 6) is -0.0825. The monoisotopic (exact) mass is 483 g/mol. The summed E-state index contributed by atoms with van der Waals surface area (Å²) in [6.45, 7) is 2.19. The van der Waals surface area contributed by atoms with Crippen molar-refractivity contribution in [2.24, 2.45) is 5.92 Å². The van der Waals surface area contributed by atoms with Crippen LogP contribution in [-0.2, 0) is 27.2 Å². The lowest BCUT2D eigenvalue weighted by Gasteiger charge is -2.04. The number of aromatic nitrogens is 2. The summed E-state index contributed by atoms with van der Waals surface area (Å²) in [6.07, 6.45) is 3.78. The van der Waals surface area contributed by atoms with Gasteiger partial charge < -0.3 is 16.0 Å². The summed E-state index contributed by atoms with van der Waals surface area (Å²) in [4.78, 5) is 44.0. The minimum Gasteiger partial charge on any atom is -0.356 e. The Kier molecular flexibility index (Phi) is 7.46. The molecule has 3 amide bonds. The fourth-order valence-corrected chi connectivity index (χ4v) is 4.64. The molecule has 1 aromatic carbocycles. The molecule has 10 heteroatoms. The van der Waals surface area contributed by atoms with Gasteiger partial charge in [0.2, 0.25) is 17.7 Å². The molecule has 1 fully saturated rings. The van der Waals surface area contributed by atoms with Crippen LogP contribution < -0.4 is 16.0 Å². The van der Waals surface area contributed by atoms with Gasteiger partial charge in [0.25, 0.3) is 0 Å². The number of thiazole rings is 2. The normalized spacial score (nSPS) is 12.9. The highest BCUT2D eigenvalue weighted by molar-refractivity contribution is 7.14. The number of nitrogens with zero attached hydrogens (tertiary/aromatic N) is 2. The van der Waals surface area contributed by atoms with Crippen LogP contribution in [0.15, 0.2) is 35.0 Å². The Morgan fingerprint density at radius 3 is 2.45 bits per heavy atom. The first-order valence-corrected chi connectivity index (χ1v) is 12.6. The van der Waals surface area contributed by atoms with Gasteiger partial charge in [-0.1, -0.05) is 24.3 Å². The number of carbonyl (C=O) groups is 3. The van der Waals surface area contributed by atoms with Crippen molar-refractivity contribution in [1.29, 1.82) is 0 Å². The van der Waals surface area contributed by atoms with Crippen LogP contribution in [0.25, 0.3) is 11.3 Å². The molecular formula is C23H25N5O3S2. The molecular weight excluding hydrogens is 458 g/mol. The summed E-state index contributed by atoms with van der Waals surface area (Å²) in [5, 5.41) is 13.2. The average molecular weight is 484 g/mol. The molecule has 0 spiro atoms. The van der Waals surface area contributed by atoms with Crippen LogP contribution in [0.1, 0.15) is 37.4 Å². The van der Waals surface area contributed by atoms with Gasteiger partial charge in [0.05, 0.1) is 17.8 Å². The smallest absolute Gasteiger partial charge is 0.232 e. The van der Waals surface area contributed by atoms with Crippen LogP contribution in [0.2, 0.25) is 0 Å². The standard InChI is InChI=1S/C23H25N5O3S2/c1-14(29)24-10-2-3-15-4-6-16(7-5-15)19-13-33-23(26-19)27-20(30)11-18-12-32-22(25-18)28-21(31)17-8-9-17/h4-7,12-13,17H,2-3,8-11H2,1H3,(H,24,29)(H,25,28,31)(H,26,27,30). The van der Waals surface area contributed by atoms with Gasteiger partial charge in [0.15, 0.2) is 10.3 Å². The zero-order chi connectivity index (χ0) is 23.2. The fourth-order valence-electron chi connectivity index (χ4n) is 3.19. The molecule has 172 valence electrons. The van der Waals surface area contributed by atoms with Crippen LogP contribution >= 0.6 is 22.7 Å². The van der Waals surface area contributed by atoms with Crippen LogP contribution in [-0.4, -0.2) is 34.2 Å². The highest BCUT2D eigenvalue weighted by Crippen LogP contribution is 2.31. The van der Waals surface area contributed by atoms with Crippen LogP contribution in [0.3, 0.4) is 0 Å². The van der Waals surface area contributed by atoms with E-state index in [4.69, 9.17) is 0 Å². The molecule has 3 N–H and O–H groups in total. The summed E-state index contributed by atoms with van der Waals surface area (Å²) in [5.41, 5.74) is 3.60. The predicted octanol–water partition coefficient (Wildman–Crippen LogP) is 3.87. The van der Waals surface area contributed by atoms with E-state index in [1.54, 1.807) is 5.38 Å². The maximum atomic E-state index is 12.4. The second kappa shape index (κ2) is 10.7. The number of hydrogen-bond donors (Lipinski definition) is 3. The second-order valence-corrected chi connectivity index (χ2v) is 9.67. The van der Waals surface area contributed by atoms with E-state index in [0.29, 0.717) is 22.5 Å². The molecule has 4 rings (SSSR count). The molecule has 0 saturated heterocycles. The van der Waals surface area contributed by atoms with E-state index in [2.05, 4.69) is 38.1 Å². The third-order valence-corrected chi connectivity index (χ3v) is 6.65. The van der Waals surface area contributed by atoms with Crippen molar-refractivity contribution in [3.8, 4) is 11.3 Å². The number of hydrogen-bond acceptors (Lipinski definition) is 7. The first-order valence-electron chi connectivity index (χ1n) is 10.8. The van der Waals surface area contributed by atoms with Crippen molar-refractivity contribution in [1.82, 2.24) is 15.3 Å². The molecule has 0 unspecified atom stereocenters. The van der Waals surface area contributed by atoms with Crippen molar-refractivity contribution in [3.05, 3.63) is 46.3 Å². The summed E-state index contributed by atoms with van der Waals surface area (Å²) in [6, 6.07) is 8.15. The Morgan fingerprint density at radius 1 is 1.00 bits per heavy atom. The molecule has 1 aliphatic rings. The Bertz CT molecular complexity index is 1140. The van der Waals surface area contributed by atoms with Crippen LogP contribution in [0.4, 0.5) is 10.3 Å². The zero-order valence-electron chi connectivity index (χ0n) is 18.2. The lowest BCUT2D eigenvalue weighted by atomic mass is 10.1. The largest absolute Gasteiger partial charge is 0.356 e. The summed E-state index contributed by atoms with van der Waals surface area (Å²) in [7, 11) is 0. The topological polar surface area (TPSA) is 113 Å². The van der Waals surface area contributed by atoms with Gasteiger partial charge >= 0.3 is 0 Å². The van der Waals surface area contributed by atoms with Gasteiger partial charge in [-0.25, -0.2) is 9.97 Å². The van der Waals surface area contributed by atoms with Crippen molar-refractivity contribution in [2.75, 3.05) is 17.2 Å². The van der Waals surface area contributed by atoms with E-state index in [9.17, 15) is 14.4 Å². The SMILES string of the molecule is CC(=O)NCCCc1ccc(-c2csc(NC(=O)Cc3csc(NC(=O)C4CC4)n3)n2)cc1. The minimum atomic E-state index is -0.198. The van der Waals surface area contributed by atoms with Crippen molar-refractivity contribution in [2.45, 2.75) is 39.0 Å². The van der Waals surface area contributed by atoms with Crippen molar-refractivity contribution < 1.29 is 14.4 Å².